The number of methoxy groups -OCH3 is 1. The van der Waals surface area contributed by atoms with E-state index in [-0.39, 0.29) is 35.2 Å². The maximum absolute atomic E-state index is 13.8. The highest BCUT2D eigenvalue weighted by molar-refractivity contribution is 6.37. The molecule has 0 aromatic rings. The lowest BCUT2D eigenvalue weighted by molar-refractivity contribution is -0.356. The van der Waals surface area contributed by atoms with Gasteiger partial charge in [0.2, 0.25) is 0 Å². The molecule has 1 saturated heterocycles. The Morgan fingerprint density at radius 2 is 1.84 bits per heavy atom. The Labute approximate surface area is 181 Å². The van der Waals surface area contributed by atoms with Crippen molar-refractivity contribution in [2.24, 2.45) is 22.7 Å². The molecule has 3 saturated carbocycles. The fraction of sp³-hybridized carbons (Fsp3) is 0.750. The zero-order chi connectivity index (χ0) is 22.4. The Morgan fingerprint density at radius 1 is 1.10 bits per heavy atom. The third-order valence-electron chi connectivity index (χ3n) is 9.40. The van der Waals surface area contributed by atoms with Crippen molar-refractivity contribution in [3.63, 3.8) is 0 Å². The molecule has 1 heterocycles. The van der Waals surface area contributed by atoms with E-state index >= 15 is 0 Å². The summed E-state index contributed by atoms with van der Waals surface area (Å²) in [4.78, 5) is 51.5. The molecule has 2 bridgehead atoms. The second-order valence-corrected chi connectivity index (χ2v) is 10.5. The number of carbonyl (C=O) groups excluding carboxylic acids is 4. The molecule has 7 heteroatoms. The summed E-state index contributed by atoms with van der Waals surface area (Å²) in [6, 6.07) is 0. The molecule has 0 radical (unpaired) electrons. The van der Waals surface area contributed by atoms with Gasteiger partial charge in [0.25, 0.3) is 5.78 Å². The fourth-order valence-corrected chi connectivity index (χ4v) is 8.04. The number of allylic oxidation sites excluding steroid dienone is 1. The molecule has 5 rings (SSSR count). The highest BCUT2D eigenvalue weighted by atomic mass is 16.7. The van der Waals surface area contributed by atoms with Gasteiger partial charge in [0, 0.05) is 24.2 Å². The molecule has 168 valence electrons. The number of ether oxygens (including phenoxy) is 3. The van der Waals surface area contributed by atoms with E-state index < -0.39 is 34.7 Å². The van der Waals surface area contributed by atoms with Gasteiger partial charge >= 0.3 is 5.97 Å². The van der Waals surface area contributed by atoms with Gasteiger partial charge in [-0.2, -0.15) is 0 Å². The average molecular weight is 430 g/mol. The largest absolute Gasteiger partial charge is 0.463 e. The van der Waals surface area contributed by atoms with E-state index in [4.69, 9.17) is 14.2 Å². The molecule has 4 aliphatic carbocycles. The van der Waals surface area contributed by atoms with Crippen molar-refractivity contribution in [1.29, 1.82) is 0 Å². The second-order valence-electron chi connectivity index (χ2n) is 10.5. The van der Waals surface area contributed by atoms with Gasteiger partial charge in [0.05, 0.1) is 12.7 Å². The predicted octanol–water partition coefficient (Wildman–Crippen LogP) is 2.69. The minimum absolute atomic E-state index is 0.0799. The van der Waals surface area contributed by atoms with Crippen LogP contribution in [0.15, 0.2) is 11.6 Å². The molecule has 0 aromatic carbocycles. The Balaban J connectivity index is 1.65. The minimum Gasteiger partial charge on any atom is -0.463 e. The Hall–Kier alpha value is -1.86. The van der Waals surface area contributed by atoms with Gasteiger partial charge in [-0.1, -0.05) is 19.4 Å². The van der Waals surface area contributed by atoms with Gasteiger partial charge in [-0.25, -0.2) is 4.79 Å². The summed E-state index contributed by atoms with van der Waals surface area (Å²) in [6.07, 6.45) is 4.65. The average Bonchev–Trinajstić information content (AvgIpc) is 2.85. The third-order valence-corrected chi connectivity index (χ3v) is 9.40. The number of hydrogen-bond donors (Lipinski definition) is 0. The molecule has 5 aliphatic rings. The third kappa shape index (κ3) is 2.31. The first-order valence-corrected chi connectivity index (χ1v) is 11.3. The molecule has 0 aromatic heterocycles. The van der Waals surface area contributed by atoms with Crippen molar-refractivity contribution >= 4 is 23.3 Å². The lowest BCUT2D eigenvalue weighted by Crippen LogP contribution is -2.73. The molecule has 1 unspecified atom stereocenters. The molecule has 4 fully saturated rings. The van der Waals surface area contributed by atoms with Gasteiger partial charge in [0.15, 0.2) is 12.1 Å². The predicted molar refractivity (Wildman–Crippen MR) is 108 cm³/mol. The number of hydrogen-bond acceptors (Lipinski definition) is 7. The summed E-state index contributed by atoms with van der Waals surface area (Å²) < 4.78 is 17.4. The first kappa shape index (κ1) is 21.0. The molecular weight excluding hydrogens is 400 g/mol. The summed E-state index contributed by atoms with van der Waals surface area (Å²) in [6.45, 7) is 5.76. The van der Waals surface area contributed by atoms with Crippen LogP contribution in [-0.4, -0.2) is 47.9 Å². The standard InChI is InChI=1S/C24H30O7/c1-13-30-23-9-10-24(31-13,19(27)20(28)29-4)22(23,3)12-17(26)18-16(23)6-5-14-11-15(25)7-8-21(14,18)2/h11,13,16,18H,5-10,12H2,1-4H3/t13?,16-,18-,21+,22+,23-,24-/m1/s1. The van der Waals surface area contributed by atoms with Crippen LogP contribution in [-0.2, 0) is 33.4 Å². The van der Waals surface area contributed by atoms with E-state index in [0.29, 0.717) is 25.7 Å². The Kier molecular flexibility index (Phi) is 4.30. The van der Waals surface area contributed by atoms with Crippen molar-refractivity contribution < 1.29 is 33.4 Å². The van der Waals surface area contributed by atoms with E-state index in [2.05, 4.69) is 6.92 Å². The molecule has 7 atom stereocenters. The van der Waals surface area contributed by atoms with Crippen LogP contribution in [0, 0.1) is 22.7 Å². The smallest absolute Gasteiger partial charge is 0.377 e. The first-order chi connectivity index (χ1) is 14.5. The van der Waals surface area contributed by atoms with Crippen LogP contribution in [0.4, 0.5) is 0 Å². The number of ketones is 3. The molecule has 0 N–H and O–H groups in total. The van der Waals surface area contributed by atoms with Crippen molar-refractivity contribution in [2.45, 2.75) is 83.2 Å². The summed E-state index contributed by atoms with van der Waals surface area (Å²) in [7, 11) is 1.19. The minimum atomic E-state index is -1.42. The Bertz CT molecular complexity index is 936. The van der Waals surface area contributed by atoms with E-state index in [1.54, 1.807) is 13.0 Å². The number of Topliss-reactive ketones (excluding diaryl/α,β-unsaturated/α-hetero) is 2. The van der Waals surface area contributed by atoms with E-state index in [1.807, 2.05) is 6.92 Å². The summed E-state index contributed by atoms with van der Waals surface area (Å²) >= 11 is 0. The van der Waals surface area contributed by atoms with Gasteiger partial charge < -0.3 is 14.2 Å². The van der Waals surface area contributed by atoms with Crippen LogP contribution in [0.1, 0.15) is 65.7 Å². The summed E-state index contributed by atoms with van der Waals surface area (Å²) in [5, 5.41) is 0. The zero-order valence-electron chi connectivity index (χ0n) is 18.6. The number of esters is 1. The van der Waals surface area contributed by atoms with E-state index in [0.717, 1.165) is 18.4 Å². The molecular formula is C24H30O7. The highest BCUT2D eigenvalue weighted by Crippen LogP contribution is 2.72. The SMILES string of the molecule is COC(=O)C(=O)[C@@]12CC[C@@]3(OC(C)O1)[C@@H]1CCC4=CC(=O)CC[C@]4(C)[C@H]1C(=O)C[C@]23C. The van der Waals surface area contributed by atoms with Crippen LogP contribution < -0.4 is 0 Å². The van der Waals surface area contributed by atoms with Gasteiger partial charge in [-0.05, 0) is 56.4 Å². The number of carbonyl (C=O) groups is 4. The molecule has 0 amide bonds. The van der Waals surface area contributed by atoms with Crippen LogP contribution in [0.5, 0.6) is 0 Å². The molecule has 31 heavy (non-hydrogen) atoms. The fourth-order valence-electron chi connectivity index (χ4n) is 8.04. The van der Waals surface area contributed by atoms with Gasteiger partial charge in [0.1, 0.15) is 11.4 Å². The van der Waals surface area contributed by atoms with Crippen LogP contribution >= 0.6 is 0 Å². The number of fused-ring (bicyclic) bond motifs is 3. The Morgan fingerprint density at radius 3 is 2.55 bits per heavy atom. The van der Waals surface area contributed by atoms with Crippen LogP contribution in [0.2, 0.25) is 0 Å². The lowest BCUT2D eigenvalue weighted by atomic mass is 9.44. The van der Waals surface area contributed by atoms with Crippen molar-refractivity contribution in [2.75, 3.05) is 7.11 Å². The van der Waals surface area contributed by atoms with Gasteiger partial charge in [-0.3, -0.25) is 14.4 Å². The van der Waals surface area contributed by atoms with E-state index in [9.17, 15) is 19.2 Å². The monoisotopic (exact) mass is 430 g/mol. The molecule has 0 spiro atoms. The molecule has 7 nitrogen and oxygen atoms in total. The van der Waals surface area contributed by atoms with Crippen LogP contribution in [0.3, 0.4) is 0 Å². The summed E-state index contributed by atoms with van der Waals surface area (Å²) in [5.41, 5.74) is -2.39. The van der Waals surface area contributed by atoms with Crippen molar-refractivity contribution in [3.8, 4) is 0 Å². The highest BCUT2D eigenvalue weighted by Gasteiger charge is 2.80. The van der Waals surface area contributed by atoms with Crippen molar-refractivity contribution in [3.05, 3.63) is 11.6 Å². The quantitative estimate of drug-likeness (QED) is 0.491. The topological polar surface area (TPSA) is 96.0 Å². The molecule has 1 aliphatic heterocycles. The van der Waals surface area contributed by atoms with E-state index in [1.165, 1.54) is 7.11 Å². The normalized spacial score (nSPS) is 48.3. The van der Waals surface area contributed by atoms with Crippen molar-refractivity contribution in [1.82, 2.24) is 0 Å². The van der Waals surface area contributed by atoms with Crippen LogP contribution in [0.25, 0.3) is 0 Å². The van der Waals surface area contributed by atoms with Gasteiger partial charge in [-0.15, -0.1) is 0 Å². The first-order valence-electron chi connectivity index (χ1n) is 11.3. The maximum Gasteiger partial charge on any atom is 0.377 e. The summed E-state index contributed by atoms with van der Waals surface area (Å²) in [5.74, 6) is -1.79. The zero-order valence-corrected chi connectivity index (χ0v) is 18.6. The lowest BCUT2D eigenvalue weighted by Gasteiger charge is -2.65. The maximum atomic E-state index is 13.8. The second kappa shape index (κ2) is 6.35. The number of rotatable bonds is 2.